The van der Waals surface area contributed by atoms with Crippen LogP contribution in [0.3, 0.4) is 0 Å². The molecule has 4 heteroatoms. The second-order valence-corrected chi connectivity index (χ2v) is 3.68. The lowest BCUT2D eigenvalue weighted by atomic mass is 10.1. The Kier molecular flexibility index (Phi) is 2.64. The van der Waals surface area contributed by atoms with Crippen molar-refractivity contribution in [3.8, 4) is 16.9 Å². The highest BCUT2D eigenvalue weighted by Gasteiger charge is 2.14. The van der Waals surface area contributed by atoms with Crippen molar-refractivity contribution in [2.75, 3.05) is 7.11 Å². The molecule has 0 saturated heterocycles. The Labute approximate surface area is 93.5 Å². The average molecular weight is 220 g/mol. The third kappa shape index (κ3) is 1.66. The van der Waals surface area contributed by atoms with E-state index in [-0.39, 0.29) is 11.6 Å². The summed E-state index contributed by atoms with van der Waals surface area (Å²) in [5.74, 6) is -0.0446. The maximum absolute atomic E-state index is 13.8. The second kappa shape index (κ2) is 3.96. The van der Waals surface area contributed by atoms with Crippen LogP contribution >= 0.6 is 0 Å². The molecule has 84 valence electrons. The average Bonchev–Trinajstić information content (AvgIpc) is 2.68. The van der Waals surface area contributed by atoms with Gasteiger partial charge in [-0.2, -0.15) is 5.10 Å². The lowest BCUT2D eigenvalue weighted by Crippen LogP contribution is -1.94. The lowest BCUT2D eigenvalue weighted by molar-refractivity contribution is 0.387. The van der Waals surface area contributed by atoms with Crippen LogP contribution in [0.4, 0.5) is 4.39 Å². The Balaban J connectivity index is 2.61. The molecule has 1 heterocycles. The molecular formula is C12H13FN2O. The number of ether oxygens (including phenoxy) is 1. The predicted octanol–water partition coefficient (Wildman–Crippen LogP) is 2.54. The SMILES string of the molecule is COc1c(-c2cnn(C)c2)ccc(C)c1F. The molecule has 3 nitrogen and oxygen atoms in total. The van der Waals surface area contributed by atoms with Crippen molar-refractivity contribution in [1.82, 2.24) is 9.78 Å². The molecule has 0 amide bonds. The van der Waals surface area contributed by atoms with Gasteiger partial charge in [0.25, 0.3) is 0 Å². The van der Waals surface area contributed by atoms with Crippen LogP contribution in [-0.4, -0.2) is 16.9 Å². The minimum atomic E-state index is -0.316. The highest BCUT2D eigenvalue weighted by Crippen LogP contribution is 2.33. The molecule has 0 radical (unpaired) electrons. The molecule has 0 unspecified atom stereocenters. The Hall–Kier alpha value is -1.84. The molecule has 0 atom stereocenters. The van der Waals surface area contributed by atoms with Gasteiger partial charge < -0.3 is 4.74 Å². The molecule has 0 spiro atoms. The van der Waals surface area contributed by atoms with Crippen LogP contribution in [0.2, 0.25) is 0 Å². The van der Waals surface area contributed by atoms with Gasteiger partial charge in [0.05, 0.1) is 13.3 Å². The standard InChI is InChI=1S/C12H13FN2O/c1-8-4-5-10(12(16-3)11(8)13)9-6-14-15(2)7-9/h4-7H,1-3H3. The fraction of sp³-hybridized carbons (Fsp3) is 0.250. The maximum Gasteiger partial charge on any atom is 0.168 e. The fourth-order valence-corrected chi connectivity index (χ4v) is 1.64. The summed E-state index contributed by atoms with van der Waals surface area (Å²) in [5.41, 5.74) is 2.14. The first-order valence-corrected chi connectivity index (χ1v) is 4.95. The first-order valence-electron chi connectivity index (χ1n) is 4.95. The zero-order chi connectivity index (χ0) is 11.7. The van der Waals surface area contributed by atoms with E-state index in [4.69, 9.17) is 4.74 Å². The third-order valence-electron chi connectivity index (χ3n) is 2.51. The van der Waals surface area contributed by atoms with Crippen LogP contribution in [0.25, 0.3) is 11.1 Å². The molecule has 1 aromatic carbocycles. The van der Waals surface area contributed by atoms with E-state index in [1.165, 1.54) is 7.11 Å². The van der Waals surface area contributed by atoms with Crippen molar-refractivity contribution in [2.24, 2.45) is 7.05 Å². The molecule has 0 fully saturated rings. The van der Waals surface area contributed by atoms with Gasteiger partial charge >= 0.3 is 0 Å². The quantitative estimate of drug-likeness (QED) is 0.777. The third-order valence-corrected chi connectivity index (χ3v) is 2.51. The highest BCUT2D eigenvalue weighted by molar-refractivity contribution is 5.70. The summed E-state index contributed by atoms with van der Waals surface area (Å²) >= 11 is 0. The first kappa shape index (κ1) is 10.7. The van der Waals surface area contributed by atoms with Crippen molar-refractivity contribution < 1.29 is 9.13 Å². The molecular weight excluding hydrogens is 207 g/mol. The summed E-state index contributed by atoms with van der Waals surface area (Å²) in [5, 5.41) is 4.06. The van der Waals surface area contributed by atoms with Crippen LogP contribution in [0.15, 0.2) is 24.5 Å². The van der Waals surface area contributed by atoms with Gasteiger partial charge in [0, 0.05) is 24.4 Å². The number of halogens is 1. The van der Waals surface area contributed by atoms with E-state index in [1.807, 2.05) is 19.3 Å². The Morgan fingerprint density at radius 3 is 2.69 bits per heavy atom. The smallest absolute Gasteiger partial charge is 0.168 e. The summed E-state index contributed by atoms with van der Waals surface area (Å²) in [6.45, 7) is 1.71. The Morgan fingerprint density at radius 1 is 1.38 bits per heavy atom. The van der Waals surface area contributed by atoms with Crippen LogP contribution in [-0.2, 0) is 7.05 Å². The first-order chi connectivity index (χ1) is 7.63. The minimum absolute atomic E-state index is 0.271. The molecule has 0 bridgehead atoms. The predicted molar refractivity (Wildman–Crippen MR) is 59.9 cm³/mol. The largest absolute Gasteiger partial charge is 0.493 e. The van der Waals surface area contributed by atoms with Crippen molar-refractivity contribution >= 4 is 0 Å². The van der Waals surface area contributed by atoms with E-state index >= 15 is 0 Å². The number of benzene rings is 1. The molecule has 2 rings (SSSR count). The van der Waals surface area contributed by atoms with Gasteiger partial charge in [0.15, 0.2) is 11.6 Å². The number of aryl methyl sites for hydroxylation is 2. The van der Waals surface area contributed by atoms with Crippen molar-refractivity contribution in [3.05, 3.63) is 35.9 Å². The topological polar surface area (TPSA) is 27.1 Å². The van der Waals surface area contributed by atoms with Gasteiger partial charge in [0.1, 0.15) is 0 Å². The van der Waals surface area contributed by atoms with Gasteiger partial charge in [-0.15, -0.1) is 0 Å². The van der Waals surface area contributed by atoms with E-state index in [1.54, 1.807) is 23.9 Å². The maximum atomic E-state index is 13.8. The van der Waals surface area contributed by atoms with E-state index in [9.17, 15) is 4.39 Å². The van der Waals surface area contributed by atoms with E-state index in [0.29, 0.717) is 5.56 Å². The van der Waals surface area contributed by atoms with Crippen LogP contribution in [0.5, 0.6) is 5.75 Å². The monoisotopic (exact) mass is 220 g/mol. The van der Waals surface area contributed by atoms with Gasteiger partial charge in [-0.3, -0.25) is 4.68 Å². The number of aromatic nitrogens is 2. The van der Waals surface area contributed by atoms with Crippen molar-refractivity contribution in [2.45, 2.75) is 6.92 Å². The van der Waals surface area contributed by atoms with Gasteiger partial charge in [-0.1, -0.05) is 12.1 Å². The fourth-order valence-electron chi connectivity index (χ4n) is 1.64. The van der Waals surface area contributed by atoms with E-state index < -0.39 is 0 Å². The number of rotatable bonds is 2. The molecule has 0 aliphatic carbocycles. The Bertz CT molecular complexity index is 520. The lowest BCUT2D eigenvalue weighted by Gasteiger charge is -2.09. The number of hydrogen-bond donors (Lipinski definition) is 0. The van der Waals surface area contributed by atoms with E-state index in [2.05, 4.69) is 5.10 Å². The summed E-state index contributed by atoms with van der Waals surface area (Å²) < 4.78 is 20.6. The normalized spacial score (nSPS) is 10.5. The molecule has 0 aliphatic rings. The summed E-state index contributed by atoms with van der Waals surface area (Å²) in [6, 6.07) is 3.58. The zero-order valence-corrected chi connectivity index (χ0v) is 9.49. The van der Waals surface area contributed by atoms with Crippen molar-refractivity contribution in [3.63, 3.8) is 0 Å². The van der Waals surface area contributed by atoms with Gasteiger partial charge in [0.2, 0.25) is 0 Å². The van der Waals surface area contributed by atoms with Gasteiger partial charge in [-0.25, -0.2) is 4.39 Å². The minimum Gasteiger partial charge on any atom is -0.493 e. The number of hydrogen-bond acceptors (Lipinski definition) is 2. The highest BCUT2D eigenvalue weighted by atomic mass is 19.1. The Morgan fingerprint density at radius 2 is 2.12 bits per heavy atom. The molecule has 0 aliphatic heterocycles. The van der Waals surface area contributed by atoms with Crippen LogP contribution < -0.4 is 4.74 Å². The van der Waals surface area contributed by atoms with Crippen molar-refractivity contribution in [1.29, 1.82) is 0 Å². The molecule has 2 aromatic rings. The van der Waals surface area contributed by atoms with Gasteiger partial charge in [-0.05, 0) is 12.5 Å². The summed E-state index contributed by atoms with van der Waals surface area (Å²) in [7, 11) is 3.29. The zero-order valence-electron chi connectivity index (χ0n) is 9.49. The van der Waals surface area contributed by atoms with E-state index in [0.717, 1.165) is 11.1 Å². The van der Waals surface area contributed by atoms with Crippen LogP contribution in [0, 0.1) is 12.7 Å². The molecule has 1 aromatic heterocycles. The number of methoxy groups -OCH3 is 1. The molecule has 16 heavy (non-hydrogen) atoms. The molecule has 0 N–H and O–H groups in total. The second-order valence-electron chi connectivity index (χ2n) is 3.68. The summed E-state index contributed by atoms with van der Waals surface area (Å²) in [6.07, 6.45) is 3.51. The summed E-state index contributed by atoms with van der Waals surface area (Å²) in [4.78, 5) is 0. The number of nitrogens with zero attached hydrogens (tertiary/aromatic N) is 2. The van der Waals surface area contributed by atoms with Crippen LogP contribution in [0.1, 0.15) is 5.56 Å². The molecule has 0 saturated carbocycles.